The van der Waals surface area contributed by atoms with E-state index in [0.717, 1.165) is 6.92 Å². The van der Waals surface area contributed by atoms with Crippen molar-refractivity contribution in [1.82, 2.24) is 3.82 Å². The van der Waals surface area contributed by atoms with E-state index in [-0.39, 0.29) is 3.82 Å². The van der Waals surface area contributed by atoms with Crippen molar-refractivity contribution in [2.45, 2.75) is 6.92 Å². The molecule has 0 aromatic carbocycles. The van der Waals surface area contributed by atoms with Crippen molar-refractivity contribution in [2.75, 3.05) is 0 Å². The smallest absolute Gasteiger partial charge is 0.273 e. The molecule has 0 saturated heterocycles. The van der Waals surface area contributed by atoms with Crippen molar-refractivity contribution in [1.29, 1.82) is 0 Å². The maximum absolute atomic E-state index is 10.1. The molecule has 0 bridgehead atoms. The monoisotopic (exact) mass is 172 g/mol. The SMILES string of the molecule is CC(=O)N(Cl)S(N)(=O)=O. The van der Waals surface area contributed by atoms with Crippen molar-refractivity contribution < 1.29 is 13.2 Å². The summed E-state index contributed by atoms with van der Waals surface area (Å²) in [5.41, 5.74) is 0. The Kier molecular flexibility index (Phi) is 2.41. The largest absolute Gasteiger partial charge is 0.315 e. The van der Waals surface area contributed by atoms with Crippen molar-refractivity contribution in [2.24, 2.45) is 5.14 Å². The molecule has 54 valence electrons. The molecule has 0 aliphatic rings. The Morgan fingerprint density at radius 3 is 2.00 bits per heavy atom. The summed E-state index contributed by atoms with van der Waals surface area (Å²) in [4.78, 5) is 10.1. The van der Waals surface area contributed by atoms with Crippen LogP contribution < -0.4 is 5.14 Å². The van der Waals surface area contributed by atoms with Gasteiger partial charge in [-0.3, -0.25) is 4.79 Å². The third-order valence-corrected chi connectivity index (χ3v) is 1.99. The molecule has 1 amide bonds. The molecule has 5 nitrogen and oxygen atoms in total. The van der Waals surface area contributed by atoms with Gasteiger partial charge < -0.3 is 0 Å². The molecule has 0 saturated carbocycles. The summed E-state index contributed by atoms with van der Waals surface area (Å²) >= 11 is 4.86. The third kappa shape index (κ3) is 2.64. The van der Waals surface area contributed by atoms with E-state index in [9.17, 15) is 13.2 Å². The van der Waals surface area contributed by atoms with E-state index in [4.69, 9.17) is 11.8 Å². The molecule has 7 heteroatoms. The van der Waals surface area contributed by atoms with E-state index < -0.39 is 16.1 Å². The summed E-state index contributed by atoms with van der Waals surface area (Å²) in [5, 5.41) is 4.43. The van der Waals surface area contributed by atoms with E-state index in [1.807, 2.05) is 0 Å². The molecular formula is C2H5ClN2O3S. The van der Waals surface area contributed by atoms with Crippen molar-refractivity contribution in [3.63, 3.8) is 0 Å². The zero-order valence-electron chi connectivity index (χ0n) is 4.54. The molecule has 9 heavy (non-hydrogen) atoms. The molecule has 0 aliphatic carbocycles. The van der Waals surface area contributed by atoms with Gasteiger partial charge in [-0.15, -0.1) is 3.82 Å². The Balaban J connectivity index is 4.43. The number of carbonyl (C=O) groups is 1. The van der Waals surface area contributed by atoms with Gasteiger partial charge in [-0.25, -0.2) is 5.14 Å². The Labute approximate surface area is 57.7 Å². The Hall–Kier alpha value is -0.330. The third-order valence-electron chi connectivity index (χ3n) is 0.471. The van der Waals surface area contributed by atoms with Gasteiger partial charge in [-0.05, 0) is 0 Å². The van der Waals surface area contributed by atoms with Crippen LogP contribution in [0.1, 0.15) is 6.92 Å². The van der Waals surface area contributed by atoms with Gasteiger partial charge >= 0.3 is 10.2 Å². The molecule has 0 spiro atoms. The highest BCUT2D eigenvalue weighted by atomic mass is 35.5. The highest BCUT2D eigenvalue weighted by Gasteiger charge is 2.16. The van der Waals surface area contributed by atoms with Crippen LogP contribution in [0.25, 0.3) is 0 Å². The zero-order valence-corrected chi connectivity index (χ0v) is 6.11. The normalized spacial score (nSPS) is 11.0. The van der Waals surface area contributed by atoms with E-state index in [1.165, 1.54) is 0 Å². The van der Waals surface area contributed by atoms with Gasteiger partial charge in [0.2, 0.25) is 5.91 Å². The summed E-state index contributed by atoms with van der Waals surface area (Å²) in [6.07, 6.45) is 0. The number of nitrogens with zero attached hydrogens (tertiary/aromatic N) is 1. The van der Waals surface area contributed by atoms with Gasteiger partial charge in [0, 0.05) is 18.7 Å². The molecule has 0 aromatic heterocycles. The highest BCUT2D eigenvalue weighted by molar-refractivity contribution is 7.88. The first-order valence-corrected chi connectivity index (χ1v) is 3.69. The van der Waals surface area contributed by atoms with Crippen molar-refractivity contribution >= 4 is 27.9 Å². The van der Waals surface area contributed by atoms with Crippen LogP contribution >= 0.6 is 11.8 Å². The number of hydrogen-bond acceptors (Lipinski definition) is 3. The topological polar surface area (TPSA) is 80.5 Å². The van der Waals surface area contributed by atoms with Crippen LogP contribution in [0, 0.1) is 0 Å². The first-order chi connectivity index (χ1) is 3.85. The maximum atomic E-state index is 10.1. The molecule has 0 unspecified atom stereocenters. The molecular weight excluding hydrogens is 168 g/mol. The molecule has 0 atom stereocenters. The van der Waals surface area contributed by atoms with E-state index in [0.29, 0.717) is 0 Å². The van der Waals surface area contributed by atoms with Crippen LogP contribution in [0.15, 0.2) is 0 Å². The van der Waals surface area contributed by atoms with Crippen LogP contribution in [0.2, 0.25) is 0 Å². The lowest BCUT2D eigenvalue weighted by molar-refractivity contribution is -0.121. The van der Waals surface area contributed by atoms with Crippen LogP contribution in [-0.2, 0) is 15.0 Å². The molecule has 0 fully saturated rings. The fourth-order valence-corrected chi connectivity index (χ4v) is 0.538. The lowest BCUT2D eigenvalue weighted by Crippen LogP contribution is -2.32. The lowest BCUT2D eigenvalue weighted by Gasteiger charge is -2.05. The number of rotatable bonds is 1. The highest BCUT2D eigenvalue weighted by Crippen LogP contribution is 1.98. The second-order valence-electron chi connectivity index (χ2n) is 1.28. The number of nitrogens with two attached hydrogens (primary N) is 1. The fraction of sp³-hybridized carbons (Fsp3) is 0.500. The number of hydrogen-bond donors (Lipinski definition) is 1. The Morgan fingerprint density at radius 2 is 2.00 bits per heavy atom. The van der Waals surface area contributed by atoms with Gasteiger partial charge in [0.05, 0.1) is 0 Å². The quantitative estimate of drug-likeness (QED) is 0.526. The molecule has 0 heterocycles. The number of halogens is 1. The first-order valence-electron chi connectivity index (χ1n) is 1.85. The van der Waals surface area contributed by atoms with Gasteiger partial charge in [-0.2, -0.15) is 8.42 Å². The average molecular weight is 173 g/mol. The Bertz CT molecular complexity index is 210. The predicted octanol–water partition coefficient (Wildman–Crippen LogP) is -0.808. The van der Waals surface area contributed by atoms with Gasteiger partial charge in [0.15, 0.2) is 0 Å². The predicted molar refractivity (Wildman–Crippen MR) is 31.5 cm³/mol. The van der Waals surface area contributed by atoms with Crippen LogP contribution in [0.5, 0.6) is 0 Å². The minimum atomic E-state index is -4.05. The summed E-state index contributed by atoms with van der Waals surface area (Å²) in [6.45, 7) is 0.984. The summed E-state index contributed by atoms with van der Waals surface area (Å²) in [6, 6.07) is 0. The first kappa shape index (κ1) is 8.67. The lowest BCUT2D eigenvalue weighted by atomic mass is 10.8. The van der Waals surface area contributed by atoms with E-state index >= 15 is 0 Å². The zero-order chi connectivity index (χ0) is 7.65. The minimum Gasteiger partial charge on any atom is -0.273 e. The summed E-state index contributed by atoms with van der Waals surface area (Å²) in [5.74, 6) is -0.834. The molecule has 0 rings (SSSR count). The number of amides is 1. The summed E-state index contributed by atoms with van der Waals surface area (Å²) in [7, 11) is -4.05. The standard InChI is InChI=1S/C2H5ClN2O3S/c1-2(6)5(3)9(4,7)8/h1H3,(H2,4,7,8). The van der Waals surface area contributed by atoms with Crippen molar-refractivity contribution in [3.8, 4) is 0 Å². The van der Waals surface area contributed by atoms with Gasteiger partial charge in [0.1, 0.15) is 0 Å². The van der Waals surface area contributed by atoms with E-state index in [1.54, 1.807) is 0 Å². The second kappa shape index (κ2) is 2.51. The van der Waals surface area contributed by atoms with Gasteiger partial charge in [0.25, 0.3) is 0 Å². The average Bonchev–Trinajstić information content (AvgIpc) is 1.62. The second-order valence-corrected chi connectivity index (χ2v) is 3.21. The maximum Gasteiger partial charge on any atom is 0.315 e. The summed E-state index contributed by atoms with van der Waals surface area (Å²) < 4.78 is 20.2. The number of carbonyl (C=O) groups excluding carboxylic acids is 1. The van der Waals surface area contributed by atoms with Crippen LogP contribution in [0.4, 0.5) is 0 Å². The van der Waals surface area contributed by atoms with Crippen LogP contribution in [-0.4, -0.2) is 18.1 Å². The molecule has 2 N–H and O–H groups in total. The van der Waals surface area contributed by atoms with E-state index in [2.05, 4.69) is 5.14 Å². The fourth-order valence-electron chi connectivity index (χ4n) is 0.179. The molecule has 0 aromatic rings. The minimum absolute atomic E-state index is 0.0625. The van der Waals surface area contributed by atoms with Crippen LogP contribution in [0.3, 0.4) is 0 Å². The Morgan fingerprint density at radius 1 is 1.67 bits per heavy atom. The van der Waals surface area contributed by atoms with Gasteiger partial charge in [-0.1, -0.05) is 0 Å². The van der Waals surface area contributed by atoms with Crippen molar-refractivity contribution in [3.05, 3.63) is 0 Å². The molecule has 0 radical (unpaired) electrons. The molecule has 0 aliphatic heterocycles.